The van der Waals surface area contributed by atoms with Crippen LogP contribution in [-0.4, -0.2) is 4.98 Å². The molecular weight excluding hydrogens is 264 g/mol. The number of hydrogen-bond donors (Lipinski definition) is 0. The molecule has 1 aromatic heterocycles. The van der Waals surface area contributed by atoms with Gasteiger partial charge in [-0.1, -0.05) is 18.2 Å². The maximum atomic E-state index is 13.4. The van der Waals surface area contributed by atoms with Gasteiger partial charge in [0.15, 0.2) is 0 Å². The molecule has 0 aliphatic heterocycles. The van der Waals surface area contributed by atoms with E-state index in [1.165, 1.54) is 35.6 Å². The Hall–Kier alpha value is -2.07. The summed E-state index contributed by atoms with van der Waals surface area (Å²) < 4.78 is 28.0. The zero-order chi connectivity index (χ0) is 13.2. The van der Waals surface area contributed by atoms with Crippen molar-refractivity contribution in [2.75, 3.05) is 0 Å². The van der Waals surface area contributed by atoms with E-state index in [4.69, 9.17) is 0 Å². The third-order valence-corrected chi connectivity index (χ3v) is 3.70. The number of para-hydroxylation sites is 1. The van der Waals surface area contributed by atoms with Crippen molar-refractivity contribution < 1.29 is 8.78 Å². The van der Waals surface area contributed by atoms with Gasteiger partial charge in [0.05, 0.1) is 10.2 Å². The fourth-order valence-corrected chi connectivity index (χ4v) is 2.66. The number of benzene rings is 2. The van der Waals surface area contributed by atoms with Crippen molar-refractivity contribution in [1.82, 2.24) is 4.98 Å². The van der Waals surface area contributed by atoms with Crippen LogP contribution in [0.1, 0.15) is 10.6 Å². The highest BCUT2D eigenvalue weighted by molar-refractivity contribution is 7.19. The molecule has 4 heteroatoms. The van der Waals surface area contributed by atoms with Crippen LogP contribution in [0.5, 0.6) is 0 Å². The van der Waals surface area contributed by atoms with Crippen molar-refractivity contribution >= 4 is 33.7 Å². The van der Waals surface area contributed by atoms with Crippen molar-refractivity contribution in [2.24, 2.45) is 0 Å². The van der Waals surface area contributed by atoms with Crippen LogP contribution >= 0.6 is 11.3 Å². The lowest BCUT2D eigenvalue weighted by Crippen LogP contribution is -1.86. The average Bonchev–Trinajstić information content (AvgIpc) is 2.81. The van der Waals surface area contributed by atoms with Crippen LogP contribution in [0.25, 0.3) is 22.4 Å². The first-order chi connectivity index (χ1) is 9.24. The van der Waals surface area contributed by atoms with Gasteiger partial charge in [-0.25, -0.2) is 13.8 Å². The number of aromatic nitrogens is 1. The molecule has 0 bridgehead atoms. The number of rotatable bonds is 2. The molecule has 2 aromatic carbocycles. The summed E-state index contributed by atoms with van der Waals surface area (Å²) in [5.74, 6) is -1.14. The first kappa shape index (κ1) is 12.0. The maximum Gasteiger partial charge on any atom is 0.133 e. The van der Waals surface area contributed by atoms with E-state index in [9.17, 15) is 8.78 Å². The van der Waals surface area contributed by atoms with Crippen LogP contribution in [0.15, 0.2) is 42.5 Å². The highest BCUT2D eigenvalue weighted by atomic mass is 32.1. The van der Waals surface area contributed by atoms with E-state index in [-0.39, 0.29) is 5.56 Å². The molecule has 0 saturated carbocycles. The second-order valence-corrected chi connectivity index (χ2v) is 5.05. The van der Waals surface area contributed by atoms with Crippen molar-refractivity contribution in [3.05, 3.63) is 64.7 Å². The van der Waals surface area contributed by atoms with Crippen molar-refractivity contribution in [2.45, 2.75) is 0 Å². The molecule has 0 atom stereocenters. The Balaban J connectivity index is 1.98. The van der Waals surface area contributed by atoms with Crippen LogP contribution < -0.4 is 0 Å². The summed E-state index contributed by atoms with van der Waals surface area (Å²) in [6, 6.07) is 11.5. The normalized spacial score (nSPS) is 11.5. The molecule has 0 N–H and O–H groups in total. The predicted molar refractivity (Wildman–Crippen MR) is 74.9 cm³/mol. The molecule has 1 heterocycles. The quantitative estimate of drug-likeness (QED) is 0.657. The molecule has 0 amide bonds. The zero-order valence-electron chi connectivity index (χ0n) is 9.81. The highest BCUT2D eigenvalue weighted by Crippen LogP contribution is 2.23. The number of fused-ring (bicyclic) bond motifs is 1. The van der Waals surface area contributed by atoms with Crippen LogP contribution in [-0.2, 0) is 0 Å². The number of hydrogen-bond acceptors (Lipinski definition) is 2. The fourth-order valence-electron chi connectivity index (χ4n) is 1.79. The van der Waals surface area contributed by atoms with Crippen molar-refractivity contribution in [1.29, 1.82) is 0 Å². The van der Waals surface area contributed by atoms with Crippen LogP contribution in [0.2, 0.25) is 0 Å². The third-order valence-electron chi connectivity index (χ3n) is 2.70. The minimum atomic E-state index is -0.572. The van der Waals surface area contributed by atoms with Crippen molar-refractivity contribution in [3.8, 4) is 0 Å². The summed E-state index contributed by atoms with van der Waals surface area (Å²) in [4.78, 5) is 4.37. The third kappa shape index (κ3) is 2.39. The van der Waals surface area contributed by atoms with Crippen LogP contribution in [0.4, 0.5) is 8.78 Å². The van der Waals surface area contributed by atoms with Gasteiger partial charge in [-0.2, -0.15) is 0 Å². The van der Waals surface area contributed by atoms with Gasteiger partial charge in [-0.05, 0) is 36.4 Å². The summed E-state index contributed by atoms with van der Waals surface area (Å²) in [5.41, 5.74) is 0.850. The Morgan fingerprint density at radius 1 is 0.895 bits per heavy atom. The lowest BCUT2D eigenvalue weighted by atomic mass is 10.2. The number of nitrogens with zero attached hydrogens (tertiary/aromatic N) is 1. The molecule has 3 aromatic rings. The van der Waals surface area contributed by atoms with E-state index in [1.54, 1.807) is 6.08 Å². The van der Waals surface area contributed by atoms with E-state index in [1.807, 2.05) is 24.3 Å². The molecular formula is C15H9F2NS. The van der Waals surface area contributed by atoms with Crippen LogP contribution in [0, 0.1) is 11.6 Å². The van der Waals surface area contributed by atoms with E-state index in [0.29, 0.717) is 0 Å². The molecule has 0 spiro atoms. The molecule has 0 saturated heterocycles. The lowest BCUT2D eigenvalue weighted by Gasteiger charge is -1.97. The maximum absolute atomic E-state index is 13.4. The van der Waals surface area contributed by atoms with Gasteiger partial charge >= 0.3 is 0 Å². The molecule has 3 rings (SSSR count). The van der Waals surface area contributed by atoms with Gasteiger partial charge < -0.3 is 0 Å². The number of halogens is 2. The Labute approximate surface area is 112 Å². The summed E-state index contributed by atoms with van der Waals surface area (Å²) in [6.07, 6.45) is 3.05. The van der Waals surface area contributed by atoms with Gasteiger partial charge in [0.1, 0.15) is 16.6 Å². The first-order valence-electron chi connectivity index (χ1n) is 5.72. The summed E-state index contributed by atoms with van der Waals surface area (Å²) in [6.45, 7) is 0. The van der Waals surface area contributed by atoms with Gasteiger partial charge in [0.25, 0.3) is 0 Å². The highest BCUT2D eigenvalue weighted by Gasteiger charge is 2.05. The predicted octanol–water partition coefficient (Wildman–Crippen LogP) is 4.74. The van der Waals surface area contributed by atoms with Gasteiger partial charge in [-0.3, -0.25) is 0 Å². The first-order valence-corrected chi connectivity index (χ1v) is 6.53. The van der Waals surface area contributed by atoms with E-state index < -0.39 is 11.6 Å². The topological polar surface area (TPSA) is 12.9 Å². The molecule has 0 radical (unpaired) electrons. The minimum Gasteiger partial charge on any atom is -0.237 e. The van der Waals surface area contributed by atoms with Gasteiger partial charge in [-0.15, -0.1) is 11.3 Å². The molecule has 1 nitrogen and oxygen atoms in total. The molecule has 0 fully saturated rings. The van der Waals surface area contributed by atoms with Gasteiger partial charge in [0, 0.05) is 5.56 Å². The zero-order valence-corrected chi connectivity index (χ0v) is 10.6. The monoisotopic (exact) mass is 273 g/mol. The summed E-state index contributed by atoms with van der Waals surface area (Å²) in [5, 5.41) is 0.726. The van der Waals surface area contributed by atoms with E-state index >= 15 is 0 Å². The van der Waals surface area contributed by atoms with Crippen LogP contribution in [0.3, 0.4) is 0 Å². The minimum absolute atomic E-state index is 0.0400. The Morgan fingerprint density at radius 2 is 1.63 bits per heavy atom. The smallest absolute Gasteiger partial charge is 0.133 e. The Kier molecular flexibility index (Phi) is 3.09. The lowest BCUT2D eigenvalue weighted by molar-refractivity contribution is 0.579. The summed E-state index contributed by atoms with van der Waals surface area (Å²) >= 11 is 1.49. The molecule has 94 valence electrons. The largest absolute Gasteiger partial charge is 0.237 e. The molecule has 0 unspecified atom stereocenters. The summed E-state index contributed by atoms with van der Waals surface area (Å²) in [7, 11) is 0. The van der Waals surface area contributed by atoms with Gasteiger partial charge in [0.2, 0.25) is 0 Å². The average molecular weight is 273 g/mol. The number of thiazole rings is 1. The SMILES string of the molecule is Fc1cccc(F)c1C=Cc1nc2ccccc2s1. The Morgan fingerprint density at radius 3 is 2.37 bits per heavy atom. The molecule has 0 aliphatic rings. The molecule has 19 heavy (non-hydrogen) atoms. The second kappa shape index (κ2) is 4.90. The van der Waals surface area contributed by atoms with E-state index in [2.05, 4.69) is 4.98 Å². The second-order valence-electron chi connectivity index (χ2n) is 3.99. The fraction of sp³-hybridized carbons (Fsp3) is 0. The Bertz CT molecular complexity index is 708. The molecule has 0 aliphatic carbocycles. The van der Waals surface area contributed by atoms with E-state index in [0.717, 1.165) is 15.2 Å². The van der Waals surface area contributed by atoms with Crippen molar-refractivity contribution in [3.63, 3.8) is 0 Å². The standard InChI is InChI=1S/C15H9F2NS/c16-11-4-3-5-12(17)10(11)8-9-15-18-13-6-1-2-7-14(13)19-15/h1-9H.